The van der Waals surface area contributed by atoms with Crippen LogP contribution in [0.1, 0.15) is 37.8 Å². The Bertz CT molecular complexity index is 1390. The molecule has 0 saturated carbocycles. The Morgan fingerprint density at radius 3 is 2.35 bits per heavy atom. The Balaban J connectivity index is 1.94. The van der Waals surface area contributed by atoms with Crippen LogP contribution in [0.4, 0.5) is 0 Å². The van der Waals surface area contributed by atoms with Crippen LogP contribution in [0.5, 0.6) is 5.75 Å². The van der Waals surface area contributed by atoms with Crippen molar-refractivity contribution in [2.45, 2.75) is 33.1 Å². The van der Waals surface area contributed by atoms with Crippen LogP contribution >= 0.6 is 11.3 Å². The van der Waals surface area contributed by atoms with Crippen LogP contribution in [0.25, 0.3) is 17.3 Å². The fourth-order valence-electron chi connectivity index (χ4n) is 4.01. The second kappa shape index (κ2) is 10.5. The van der Waals surface area contributed by atoms with Crippen molar-refractivity contribution in [3.05, 3.63) is 79.2 Å². The Kier molecular flexibility index (Phi) is 7.29. The van der Waals surface area contributed by atoms with Crippen LogP contribution in [0, 0.1) is 11.3 Å². The molecule has 1 saturated heterocycles. The first kappa shape index (κ1) is 23.5. The number of benzene rings is 2. The van der Waals surface area contributed by atoms with Crippen molar-refractivity contribution in [2.24, 2.45) is 0 Å². The van der Waals surface area contributed by atoms with Crippen LogP contribution in [0.3, 0.4) is 0 Å². The molecule has 3 aromatic rings. The van der Waals surface area contributed by atoms with Crippen molar-refractivity contribution >= 4 is 28.9 Å². The number of aromatic nitrogens is 1. The predicted octanol–water partition coefficient (Wildman–Crippen LogP) is 2.99. The van der Waals surface area contributed by atoms with Crippen LogP contribution in [-0.4, -0.2) is 35.1 Å². The highest BCUT2D eigenvalue weighted by Gasteiger charge is 2.24. The zero-order valence-corrected chi connectivity index (χ0v) is 20.2. The maximum atomic E-state index is 13.6. The van der Waals surface area contributed by atoms with E-state index in [0.29, 0.717) is 40.3 Å². The molecule has 1 aliphatic rings. The molecular weight excluding hydrogens is 446 g/mol. The number of nitriles is 1. The molecular formula is C27H27N3O3S. The van der Waals surface area contributed by atoms with E-state index in [9.17, 15) is 14.9 Å². The van der Waals surface area contributed by atoms with Gasteiger partial charge in [0.25, 0.3) is 11.5 Å². The molecule has 0 N–H and O–H groups in total. The lowest BCUT2D eigenvalue weighted by atomic mass is 10.1. The first-order valence-corrected chi connectivity index (χ1v) is 12.4. The molecule has 6 nitrogen and oxygen atoms in total. The lowest BCUT2D eigenvalue weighted by molar-refractivity contribution is -0.123. The summed E-state index contributed by atoms with van der Waals surface area (Å²) in [7, 11) is 0. The van der Waals surface area contributed by atoms with E-state index in [0.717, 1.165) is 24.8 Å². The van der Waals surface area contributed by atoms with Crippen molar-refractivity contribution in [3.8, 4) is 17.5 Å². The third kappa shape index (κ3) is 4.82. The van der Waals surface area contributed by atoms with Gasteiger partial charge < -0.3 is 9.64 Å². The molecule has 34 heavy (non-hydrogen) atoms. The summed E-state index contributed by atoms with van der Waals surface area (Å²) in [5.41, 5.74) is 2.43. The molecule has 174 valence electrons. The standard InChI is InChI=1S/C27H27N3O3S/c1-3-19-7-9-20(10-8-19)17-24-26(32)30(21-11-13-22(14-12-21)33-4-2)27(34-24)23(18-28)25(31)29-15-5-6-16-29/h7-14,17H,3-6,15-16H2,1-2H3/b24-17+,27-23-. The van der Waals surface area contributed by atoms with E-state index in [1.54, 1.807) is 29.2 Å². The normalized spacial score (nSPS) is 14.7. The van der Waals surface area contributed by atoms with Gasteiger partial charge in [-0.2, -0.15) is 5.26 Å². The van der Waals surface area contributed by atoms with Crippen molar-refractivity contribution in [1.82, 2.24) is 9.47 Å². The third-order valence-electron chi connectivity index (χ3n) is 5.85. The number of carbonyl (C=O) groups excluding carboxylic acids is 1. The topological polar surface area (TPSA) is 75.3 Å². The van der Waals surface area contributed by atoms with E-state index in [2.05, 4.69) is 13.0 Å². The van der Waals surface area contributed by atoms with Gasteiger partial charge in [-0.25, -0.2) is 0 Å². The first-order chi connectivity index (χ1) is 16.5. The largest absolute Gasteiger partial charge is 0.494 e. The maximum absolute atomic E-state index is 13.6. The van der Waals surface area contributed by atoms with Crippen molar-refractivity contribution in [1.29, 1.82) is 5.26 Å². The van der Waals surface area contributed by atoms with Gasteiger partial charge in [0.1, 0.15) is 16.5 Å². The summed E-state index contributed by atoms with van der Waals surface area (Å²) in [6.45, 7) is 5.80. The van der Waals surface area contributed by atoms with E-state index < -0.39 is 0 Å². The third-order valence-corrected chi connectivity index (χ3v) is 6.94. The Hall–Kier alpha value is -3.63. The fraction of sp³-hybridized carbons (Fsp3) is 0.296. The Morgan fingerprint density at radius 1 is 1.09 bits per heavy atom. The molecule has 0 bridgehead atoms. The number of nitrogens with zero attached hydrogens (tertiary/aromatic N) is 3. The highest BCUT2D eigenvalue weighted by atomic mass is 32.1. The van der Waals surface area contributed by atoms with E-state index >= 15 is 0 Å². The highest BCUT2D eigenvalue weighted by molar-refractivity contribution is 7.07. The minimum absolute atomic E-state index is 0.00105. The van der Waals surface area contributed by atoms with Gasteiger partial charge in [0, 0.05) is 13.1 Å². The number of hydrogen-bond donors (Lipinski definition) is 0. The van der Waals surface area contributed by atoms with Gasteiger partial charge in [-0.1, -0.05) is 31.2 Å². The molecule has 4 rings (SSSR count). The minimum Gasteiger partial charge on any atom is -0.494 e. The molecule has 0 unspecified atom stereocenters. The molecule has 1 aromatic heterocycles. The number of amides is 1. The molecule has 0 atom stereocenters. The number of aryl methyl sites for hydroxylation is 1. The van der Waals surface area contributed by atoms with Crippen LogP contribution in [0.15, 0.2) is 53.3 Å². The maximum Gasteiger partial charge on any atom is 0.273 e. The Labute approximate surface area is 202 Å². The van der Waals surface area contributed by atoms with Gasteiger partial charge >= 0.3 is 0 Å². The number of likely N-dealkylation sites (tertiary alicyclic amines) is 1. The summed E-state index contributed by atoms with van der Waals surface area (Å²) in [5.74, 6) is 0.372. The monoisotopic (exact) mass is 473 g/mol. The molecule has 0 aliphatic carbocycles. The van der Waals surface area contributed by atoms with E-state index in [1.807, 2.05) is 37.3 Å². The fourth-order valence-corrected chi connectivity index (χ4v) is 5.11. The summed E-state index contributed by atoms with van der Waals surface area (Å²) >= 11 is 1.18. The molecule has 2 heterocycles. The van der Waals surface area contributed by atoms with Gasteiger partial charge in [-0.15, -0.1) is 11.3 Å². The summed E-state index contributed by atoms with van der Waals surface area (Å²) in [6, 6.07) is 17.2. The molecule has 1 fully saturated rings. The molecule has 2 aromatic carbocycles. The molecule has 1 aliphatic heterocycles. The highest BCUT2D eigenvalue weighted by Crippen LogP contribution is 2.15. The van der Waals surface area contributed by atoms with Gasteiger partial charge in [0.2, 0.25) is 0 Å². The summed E-state index contributed by atoms with van der Waals surface area (Å²) in [6.07, 6.45) is 4.60. The first-order valence-electron chi connectivity index (χ1n) is 11.5. The molecule has 0 radical (unpaired) electrons. The number of ether oxygens (including phenoxy) is 1. The van der Waals surface area contributed by atoms with Gasteiger partial charge in [-0.05, 0) is 67.7 Å². The molecule has 1 amide bonds. The van der Waals surface area contributed by atoms with Crippen LogP contribution in [0.2, 0.25) is 0 Å². The second-order valence-corrected chi connectivity index (χ2v) is 9.10. The number of rotatable bonds is 6. The van der Waals surface area contributed by atoms with E-state index in [1.165, 1.54) is 21.5 Å². The van der Waals surface area contributed by atoms with Crippen LogP contribution < -0.4 is 19.5 Å². The summed E-state index contributed by atoms with van der Waals surface area (Å²) in [4.78, 5) is 28.4. The number of hydrogen-bond acceptors (Lipinski definition) is 5. The minimum atomic E-state index is -0.320. The SMILES string of the molecule is CCOc1ccc(-n2c(=O)/c(=C\c3ccc(CC)cc3)s/c2=C(/C#N)C(=O)N2CCCC2)cc1. The lowest BCUT2D eigenvalue weighted by Gasteiger charge is -2.14. The molecule has 0 spiro atoms. The quantitative estimate of drug-likeness (QED) is 0.552. The lowest BCUT2D eigenvalue weighted by Crippen LogP contribution is -2.35. The average Bonchev–Trinajstić information content (AvgIpc) is 3.50. The van der Waals surface area contributed by atoms with Gasteiger partial charge in [0.15, 0.2) is 5.57 Å². The van der Waals surface area contributed by atoms with Crippen LogP contribution in [-0.2, 0) is 11.2 Å². The smallest absolute Gasteiger partial charge is 0.273 e. The van der Waals surface area contributed by atoms with E-state index in [4.69, 9.17) is 4.74 Å². The van der Waals surface area contributed by atoms with E-state index in [-0.39, 0.29) is 17.0 Å². The predicted molar refractivity (Wildman–Crippen MR) is 135 cm³/mol. The average molecular weight is 474 g/mol. The summed E-state index contributed by atoms with van der Waals surface area (Å²) < 4.78 is 7.82. The second-order valence-electron chi connectivity index (χ2n) is 8.06. The van der Waals surface area contributed by atoms with Crippen molar-refractivity contribution in [2.75, 3.05) is 19.7 Å². The zero-order valence-electron chi connectivity index (χ0n) is 19.4. The number of thiazole rings is 1. The number of carbonyl (C=O) groups is 1. The van der Waals surface area contributed by atoms with Crippen molar-refractivity contribution < 1.29 is 9.53 Å². The molecule has 7 heteroatoms. The summed E-state index contributed by atoms with van der Waals surface area (Å²) in [5, 5.41) is 9.97. The Morgan fingerprint density at radius 2 is 1.76 bits per heavy atom. The zero-order chi connectivity index (χ0) is 24.1. The van der Waals surface area contributed by atoms with Gasteiger partial charge in [0.05, 0.1) is 16.8 Å². The van der Waals surface area contributed by atoms with Crippen molar-refractivity contribution in [3.63, 3.8) is 0 Å². The van der Waals surface area contributed by atoms with Gasteiger partial charge in [-0.3, -0.25) is 14.2 Å².